The maximum absolute atomic E-state index is 12.3. The van der Waals surface area contributed by atoms with Crippen LogP contribution in [0.1, 0.15) is 35.3 Å². The summed E-state index contributed by atoms with van der Waals surface area (Å²) in [6, 6.07) is 13.7. The number of imide groups is 1. The van der Waals surface area contributed by atoms with Gasteiger partial charge in [-0.25, -0.2) is 9.59 Å². The van der Waals surface area contributed by atoms with Gasteiger partial charge in [0.15, 0.2) is 6.61 Å². The highest BCUT2D eigenvalue weighted by atomic mass is 16.5. The molecule has 0 saturated heterocycles. The summed E-state index contributed by atoms with van der Waals surface area (Å²) in [5, 5.41) is 4.59. The number of ether oxygens (including phenoxy) is 2. The zero-order valence-electron chi connectivity index (χ0n) is 16.2. The van der Waals surface area contributed by atoms with E-state index in [-0.39, 0.29) is 11.6 Å². The number of esters is 1. The Morgan fingerprint density at radius 2 is 1.79 bits per heavy atom. The highest BCUT2D eigenvalue weighted by Crippen LogP contribution is 2.20. The van der Waals surface area contributed by atoms with Crippen LogP contribution in [0.25, 0.3) is 0 Å². The molecule has 7 heteroatoms. The number of hydrogen-bond acceptors (Lipinski definition) is 5. The average molecular weight is 384 g/mol. The third kappa shape index (κ3) is 6.75. The molecule has 2 N–H and O–H groups in total. The Hall–Kier alpha value is -3.35. The van der Waals surface area contributed by atoms with Gasteiger partial charge in [0.05, 0.1) is 0 Å². The number of carbonyl (C=O) groups excluding carboxylic acids is 3. The Kier molecular flexibility index (Phi) is 7.56. The largest absolute Gasteiger partial charge is 0.488 e. The van der Waals surface area contributed by atoms with Gasteiger partial charge in [-0.05, 0) is 38.5 Å². The second-order valence-corrected chi connectivity index (χ2v) is 6.53. The summed E-state index contributed by atoms with van der Waals surface area (Å²) in [5.74, 6) is -1.07. The van der Waals surface area contributed by atoms with E-state index in [2.05, 4.69) is 10.6 Å². The lowest BCUT2D eigenvalue weighted by Crippen LogP contribution is -2.44. The number of amides is 3. The molecule has 2 aromatic rings. The molecule has 0 atom stereocenters. The molecule has 0 spiro atoms. The van der Waals surface area contributed by atoms with E-state index >= 15 is 0 Å². The Labute approximate surface area is 164 Å². The molecule has 0 aromatic heterocycles. The first-order valence-corrected chi connectivity index (χ1v) is 8.90. The van der Waals surface area contributed by atoms with Crippen LogP contribution in [0.15, 0.2) is 48.5 Å². The van der Waals surface area contributed by atoms with Crippen molar-refractivity contribution in [2.45, 2.75) is 33.4 Å². The molecule has 0 aliphatic rings. The lowest BCUT2D eigenvalue weighted by atomic mass is 10.1. The van der Waals surface area contributed by atoms with Gasteiger partial charge in [0.25, 0.3) is 5.91 Å². The summed E-state index contributed by atoms with van der Waals surface area (Å²) in [5.41, 5.74) is 2.29. The fourth-order valence-electron chi connectivity index (χ4n) is 2.39. The maximum Gasteiger partial charge on any atom is 0.342 e. The number of benzene rings is 2. The second-order valence-electron chi connectivity index (χ2n) is 6.53. The van der Waals surface area contributed by atoms with Crippen LogP contribution >= 0.6 is 0 Å². The van der Waals surface area contributed by atoms with Crippen molar-refractivity contribution in [3.05, 3.63) is 65.2 Å². The van der Waals surface area contributed by atoms with Crippen LogP contribution in [0.3, 0.4) is 0 Å². The van der Waals surface area contributed by atoms with Gasteiger partial charge in [-0.3, -0.25) is 10.1 Å². The number of aryl methyl sites for hydroxylation is 1. The molecular formula is C21H24N2O5. The molecule has 0 aliphatic heterocycles. The molecule has 0 radical (unpaired) electrons. The molecule has 7 nitrogen and oxygen atoms in total. The van der Waals surface area contributed by atoms with E-state index in [4.69, 9.17) is 9.47 Å². The normalized spacial score (nSPS) is 10.3. The summed E-state index contributed by atoms with van der Waals surface area (Å²) in [6.45, 7) is 5.23. The summed E-state index contributed by atoms with van der Waals surface area (Å²) in [7, 11) is 0. The van der Waals surface area contributed by atoms with E-state index in [0.29, 0.717) is 12.4 Å². The Morgan fingerprint density at radius 3 is 2.50 bits per heavy atom. The number of hydrogen-bond donors (Lipinski definition) is 2. The van der Waals surface area contributed by atoms with Crippen molar-refractivity contribution in [1.29, 1.82) is 0 Å². The van der Waals surface area contributed by atoms with Gasteiger partial charge in [0.1, 0.15) is 17.9 Å². The first kappa shape index (κ1) is 21.0. The maximum atomic E-state index is 12.3. The van der Waals surface area contributed by atoms with Crippen LogP contribution in [0.5, 0.6) is 5.75 Å². The Morgan fingerprint density at radius 1 is 1.04 bits per heavy atom. The van der Waals surface area contributed by atoms with Crippen molar-refractivity contribution in [3.63, 3.8) is 0 Å². The molecule has 0 aliphatic carbocycles. The lowest BCUT2D eigenvalue weighted by molar-refractivity contribution is -0.123. The predicted octanol–water partition coefficient (Wildman–Crippen LogP) is 2.97. The van der Waals surface area contributed by atoms with Crippen molar-refractivity contribution < 1.29 is 23.9 Å². The first-order valence-electron chi connectivity index (χ1n) is 8.90. The average Bonchev–Trinajstić information content (AvgIpc) is 2.64. The molecular weight excluding hydrogens is 360 g/mol. The quantitative estimate of drug-likeness (QED) is 0.716. The van der Waals surface area contributed by atoms with Crippen LogP contribution in [-0.4, -0.2) is 30.6 Å². The standard InChI is InChI=1S/C21H24N2O5/c1-14(2)22-21(26)23-19(24)13-28-20(25)17-9-4-5-10-18(17)27-12-16-8-6-7-15(3)11-16/h4-11,14H,12-13H2,1-3H3,(H2,22,23,24,26). The van der Waals surface area contributed by atoms with Gasteiger partial charge in [0, 0.05) is 6.04 Å². The van der Waals surface area contributed by atoms with Crippen molar-refractivity contribution in [2.75, 3.05) is 6.61 Å². The van der Waals surface area contributed by atoms with Crippen LogP contribution in [0.4, 0.5) is 4.79 Å². The van der Waals surface area contributed by atoms with E-state index in [1.165, 1.54) is 0 Å². The lowest BCUT2D eigenvalue weighted by Gasteiger charge is -2.12. The van der Waals surface area contributed by atoms with Gasteiger partial charge < -0.3 is 14.8 Å². The minimum Gasteiger partial charge on any atom is -0.488 e. The molecule has 0 saturated carbocycles. The third-order valence-corrected chi connectivity index (χ3v) is 3.59. The van der Waals surface area contributed by atoms with Crippen molar-refractivity contribution in [1.82, 2.24) is 10.6 Å². The highest BCUT2D eigenvalue weighted by Gasteiger charge is 2.16. The summed E-state index contributed by atoms with van der Waals surface area (Å²) >= 11 is 0. The second kappa shape index (κ2) is 10.1. The van der Waals surface area contributed by atoms with Gasteiger partial charge >= 0.3 is 12.0 Å². The molecule has 3 amide bonds. The van der Waals surface area contributed by atoms with Gasteiger partial charge in [-0.15, -0.1) is 0 Å². The zero-order chi connectivity index (χ0) is 20.5. The summed E-state index contributed by atoms with van der Waals surface area (Å²) < 4.78 is 10.7. The van der Waals surface area contributed by atoms with E-state index < -0.39 is 24.5 Å². The molecule has 0 fully saturated rings. The van der Waals surface area contributed by atoms with E-state index in [0.717, 1.165) is 11.1 Å². The summed E-state index contributed by atoms with van der Waals surface area (Å²) in [4.78, 5) is 35.5. The number of urea groups is 1. The molecule has 0 bridgehead atoms. The fraction of sp³-hybridized carbons (Fsp3) is 0.286. The molecule has 2 aromatic carbocycles. The zero-order valence-corrected chi connectivity index (χ0v) is 16.2. The highest BCUT2D eigenvalue weighted by molar-refractivity contribution is 5.97. The van der Waals surface area contributed by atoms with Crippen LogP contribution < -0.4 is 15.4 Å². The monoisotopic (exact) mass is 384 g/mol. The van der Waals surface area contributed by atoms with Gasteiger partial charge in [-0.1, -0.05) is 42.0 Å². The SMILES string of the molecule is Cc1cccc(COc2ccccc2C(=O)OCC(=O)NC(=O)NC(C)C)c1. The molecule has 2 rings (SSSR count). The van der Waals surface area contributed by atoms with Crippen molar-refractivity contribution in [3.8, 4) is 5.75 Å². The number of rotatable bonds is 7. The number of nitrogens with one attached hydrogen (secondary N) is 2. The number of para-hydroxylation sites is 1. The Bertz CT molecular complexity index is 848. The van der Waals surface area contributed by atoms with Gasteiger partial charge in [0.2, 0.25) is 0 Å². The molecule has 28 heavy (non-hydrogen) atoms. The first-order chi connectivity index (χ1) is 13.3. The minimum atomic E-state index is -0.718. The smallest absolute Gasteiger partial charge is 0.342 e. The predicted molar refractivity (Wildman–Crippen MR) is 104 cm³/mol. The van der Waals surface area contributed by atoms with Crippen molar-refractivity contribution >= 4 is 17.9 Å². The van der Waals surface area contributed by atoms with Crippen LogP contribution in [0, 0.1) is 6.92 Å². The van der Waals surface area contributed by atoms with Gasteiger partial charge in [-0.2, -0.15) is 0 Å². The molecule has 148 valence electrons. The van der Waals surface area contributed by atoms with Crippen LogP contribution in [-0.2, 0) is 16.1 Å². The third-order valence-electron chi connectivity index (χ3n) is 3.59. The molecule has 0 unspecified atom stereocenters. The summed E-state index contributed by atoms with van der Waals surface area (Å²) in [6.07, 6.45) is 0. The van der Waals surface area contributed by atoms with Crippen LogP contribution in [0.2, 0.25) is 0 Å². The van der Waals surface area contributed by atoms with E-state index in [1.54, 1.807) is 38.1 Å². The van der Waals surface area contributed by atoms with Crippen molar-refractivity contribution in [2.24, 2.45) is 0 Å². The van der Waals surface area contributed by atoms with E-state index in [9.17, 15) is 14.4 Å². The van der Waals surface area contributed by atoms with E-state index in [1.807, 2.05) is 31.2 Å². The fourth-order valence-corrected chi connectivity index (χ4v) is 2.39. The topological polar surface area (TPSA) is 93.7 Å². The Balaban J connectivity index is 1.92. The molecule has 0 heterocycles. The number of carbonyl (C=O) groups is 3. The minimum absolute atomic E-state index is 0.118.